The number of carbonyl (C=O) groups is 1. The molecule has 36 heavy (non-hydrogen) atoms. The van der Waals surface area contributed by atoms with Crippen LogP contribution in [0.3, 0.4) is 0 Å². The Bertz CT molecular complexity index is 1460. The molecule has 4 aromatic rings. The van der Waals surface area contributed by atoms with Gasteiger partial charge in [-0.1, -0.05) is 35.9 Å². The van der Waals surface area contributed by atoms with Gasteiger partial charge < -0.3 is 20.1 Å². The molecular weight excluding hydrogens is 456 g/mol. The van der Waals surface area contributed by atoms with Crippen LogP contribution in [-0.4, -0.2) is 39.9 Å². The Hall–Kier alpha value is -4.66. The number of pyridine rings is 1. The largest absolute Gasteiger partial charge is 0.493 e. The zero-order valence-corrected chi connectivity index (χ0v) is 20.4. The summed E-state index contributed by atoms with van der Waals surface area (Å²) in [5.41, 5.74) is 4.42. The number of para-hydroxylation sites is 1. The van der Waals surface area contributed by atoms with Crippen LogP contribution in [0.1, 0.15) is 24.1 Å². The number of aromatic nitrogens is 4. The third kappa shape index (κ3) is 4.15. The summed E-state index contributed by atoms with van der Waals surface area (Å²) in [5.74, 6) is 1.86. The van der Waals surface area contributed by atoms with Gasteiger partial charge in [-0.3, -0.25) is 9.78 Å². The molecule has 2 aromatic carbocycles. The topological polar surface area (TPSA) is 103 Å². The molecule has 1 amide bonds. The molecule has 182 valence electrons. The molecule has 0 saturated carbocycles. The molecule has 1 unspecified atom stereocenters. The fraction of sp³-hybridized carbons (Fsp3) is 0.185. The van der Waals surface area contributed by atoms with E-state index in [4.69, 9.17) is 19.6 Å². The van der Waals surface area contributed by atoms with Crippen LogP contribution < -0.4 is 20.1 Å². The summed E-state index contributed by atoms with van der Waals surface area (Å²) in [7, 11) is 3.16. The molecule has 0 spiro atoms. The number of ether oxygens (including phenoxy) is 2. The third-order valence-electron chi connectivity index (χ3n) is 6.02. The van der Waals surface area contributed by atoms with Gasteiger partial charge in [0.1, 0.15) is 6.04 Å². The summed E-state index contributed by atoms with van der Waals surface area (Å²) in [6, 6.07) is 16.5. The van der Waals surface area contributed by atoms with Gasteiger partial charge in [-0.15, -0.1) is 5.10 Å². The number of allylic oxidation sites excluding steroid dienone is 1. The molecule has 0 aliphatic carbocycles. The van der Waals surface area contributed by atoms with Gasteiger partial charge in [0.25, 0.3) is 5.91 Å². The second-order valence-corrected chi connectivity index (χ2v) is 8.42. The maximum Gasteiger partial charge on any atom is 0.255 e. The normalized spacial score (nSPS) is 14.6. The summed E-state index contributed by atoms with van der Waals surface area (Å²) >= 11 is 0. The van der Waals surface area contributed by atoms with Crippen molar-refractivity contribution in [3.8, 4) is 22.9 Å². The predicted molar refractivity (Wildman–Crippen MR) is 137 cm³/mol. The van der Waals surface area contributed by atoms with Crippen LogP contribution in [-0.2, 0) is 4.79 Å². The maximum absolute atomic E-state index is 13.7. The number of methoxy groups -OCH3 is 2. The number of benzene rings is 2. The minimum absolute atomic E-state index is 0.291. The molecule has 2 aromatic heterocycles. The van der Waals surface area contributed by atoms with Gasteiger partial charge in [-0.25, -0.2) is 4.68 Å². The zero-order valence-electron chi connectivity index (χ0n) is 20.4. The van der Waals surface area contributed by atoms with Crippen molar-refractivity contribution >= 4 is 17.5 Å². The van der Waals surface area contributed by atoms with E-state index in [2.05, 4.69) is 15.6 Å². The van der Waals surface area contributed by atoms with Gasteiger partial charge in [0.15, 0.2) is 17.3 Å². The van der Waals surface area contributed by atoms with Gasteiger partial charge in [0, 0.05) is 23.0 Å². The first-order chi connectivity index (χ1) is 17.5. The number of hydrogen-bond donors (Lipinski definition) is 2. The highest BCUT2D eigenvalue weighted by Crippen LogP contribution is 2.43. The number of fused-ring (bicyclic) bond motifs is 1. The summed E-state index contributed by atoms with van der Waals surface area (Å²) in [6.45, 7) is 3.87. The Kier molecular flexibility index (Phi) is 6.12. The van der Waals surface area contributed by atoms with Crippen LogP contribution in [0, 0.1) is 6.92 Å². The highest BCUT2D eigenvalue weighted by molar-refractivity contribution is 6.06. The number of anilines is 2. The smallest absolute Gasteiger partial charge is 0.255 e. The van der Waals surface area contributed by atoms with Crippen molar-refractivity contribution in [2.45, 2.75) is 19.9 Å². The van der Waals surface area contributed by atoms with E-state index in [1.165, 1.54) is 0 Å². The lowest BCUT2D eigenvalue weighted by Crippen LogP contribution is -2.31. The van der Waals surface area contributed by atoms with Crippen molar-refractivity contribution in [1.82, 2.24) is 19.7 Å². The van der Waals surface area contributed by atoms with Crippen molar-refractivity contribution in [2.75, 3.05) is 24.9 Å². The van der Waals surface area contributed by atoms with Crippen LogP contribution in [0.2, 0.25) is 0 Å². The van der Waals surface area contributed by atoms with Crippen molar-refractivity contribution in [3.63, 3.8) is 0 Å². The highest BCUT2D eigenvalue weighted by Gasteiger charge is 2.36. The Morgan fingerprint density at radius 2 is 1.89 bits per heavy atom. The Balaban J connectivity index is 1.67. The van der Waals surface area contributed by atoms with E-state index in [1.807, 2.05) is 56.3 Å². The van der Waals surface area contributed by atoms with Crippen molar-refractivity contribution in [3.05, 3.63) is 89.4 Å². The van der Waals surface area contributed by atoms with E-state index in [0.29, 0.717) is 40.2 Å². The summed E-state index contributed by atoms with van der Waals surface area (Å²) in [6.07, 6.45) is 3.25. The van der Waals surface area contributed by atoms with Gasteiger partial charge in [-0.2, -0.15) is 4.98 Å². The zero-order chi connectivity index (χ0) is 25.2. The van der Waals surface area contributed by atoms with E-state index in [0.717, 1.165) is 16.7 Å². The molecule has 3 heterocycles. The number of hydrogen-bond acceptors (Lipinski definition) is 7. The lowest BCUT2D eigenvalue weighted by molar-refractivity contribution is -0.113. The molecule has 0 fully saturated rings. The monoisotopic (exact) mass is 482 g/mol. The van der Waals surface area contributed by atoms with E-state index < -0.39 is 6.04 Å². The predicted octanol–water partition coefficient (Wildman–Crippen LogP) is 4.59. The molecule has 0 radical (unpaired) electrons. The minimum atomic E-state index is -0.631. The highest BCUT2D eigenvalue weighted by atomic mass is 16.5. The number of amides is 1. The third-order valence-corrected chi connectivity index (χ3v) is 6.02. The number of aryl methyl sites for hydroxylation is 1. The summed E-state index contributed by atoms with van der Waals surface area (Å²) in [5, 5.41) is 11.1. The van der Waals surface area contributed by atoms with Crippen LogP contribution in [0.5, 0.6) is 11.5 Å². The maximum atomic E-state index is 13.7. The van der Waals surface area contributed by atoms with E-state index >= 15 is 0 Å². The lowest BCUT2D eigenvalue weighted by Gasteiger charge is -2.29. The summed E-state index contributed by atoms with van der Waals surface area (Å²) in [4.78, 5) is 22.5. The van der Waals surface area contributed by atoms with E-state index in [9.17, 15) is 4.79 Å². The number of rotatable bonds is 6. The average Bonchev–Trinajstić information content (AvgIpc) is 3.31. The van der Waals surface area contributed by atoms with Gasteiger partial charge in [0.05, 0.1) is 31.7 Å². The number of nitrogens with one attached hydrogen (secondary N) is 2. The van der Waals surface area contributed by atoms with Gasteiger partial charge >= 0.3 is 0 Å². The van der Waals surface area contributed by atoms with E-state index in [-0.39, 0.29) is 5.91 Å². The molecule has 1 atom stereocenters. The van der Waals surface area contributed by atoms with Gasteiger partial charge in [-0.05, 0) is 38.1 Å². The lowest BCUT2D eigenvalue weighted by atomic mass is 9.94. The van der Waals surface area contributed by atoms with E-state index in [1.54, 1.807) is 43.4 Å². The number of nitrogens with zero attached hydrogens (tertiary/aromatic N) is 4. The van der Waals surface area contributed by atoms with Gasteiger partial charge in [0.2, 0.25) is 5.95 Å². The first-order valence-electron chi connectivity index (χ1n) is 11.4. The Morgan fingerprint density at radius 1 is 1.06 bits per heavy atom. The fourth-order valence-corrected chi connectivity index (χ4v) is 4.40. The standard InChI is InChI=1S/C27H26N6O3/c1-16-8-5-9-18(14-16)25-31-27-29-17(2)22(26(34)30-19-10-7-13-28-15-19)23(33(27)32-25)20-11-6-12-21(35-3)24(20)36-4/h5-15,23H,1-4H3,(H,30,34)(H,29,31,32). The molecule has 2 N–H and O–H groups in total. The fourth-order valence-electron chi connectivity index (χ4n) is 4.40. The molecule has 1 aliphatic rings. The molecular formula is C27H26N6O3. The minimum Gasteiger partial charge on any atom is -0.493 e. The molecule has 1 aliphatic heterocycles. The van der Waals surface area contributed by atoms with Crippen molar-refractivity contribution < 1.29 is 14.3 Å². The second-order valence-electron chi connectivity index (χ2n) is 8.42. The number of carbonyl (C=O) groups excluding carboxylic acids is 1. The first kappa shape index (κ1) is 23.1. The molecule has 0 bridgehead atoms. The Morgan fingerprint density at radius 3 is 2.61 bits per heavy atom. The average molecular weight is 483 g/mol. The molecule has 9 heteroatoms. The van der Waals surface area contributed by atoms with Crippen LogP contribution in [0.15, 0.2) is 78.3 Å². The molecule has 9 nitrogen and oxygen atoms in total. The van der Waals surface area contributed by atoms with Crippen molar-refractivity contribution in [1.29, 1.82) is 0 Å². The SMILES string of the molecule is COc1cccc(C2C(C(=O)Nc3cccnc3)=C(C)Nc3nc(-c4cccc(C)c4)nn32)c1OC. The van der Waals surface area contributed by atoms with Crippen LogP contribution in [0.25, 0.3) is 11.4 Å². The molecule has 0 saturated heterocycles. The van der Waals surface area contributed by atoms with Crippen LogP contribution >= 0.6 is 0 Å². The Labute approximate surface area is 208 Å². The van der Waals surface area contributed by atoms with Crippen molar-refractivity contribution in [2.24, 2.45) is 0 Å². The van der Waals surface area contributed by atoms with Crippen LogP contribution in [0.4, 0.5) is 11.6 Å². The molecule has 5 rings (SSSR count). The summed E-state index contributed by atoms with van der Waals surface area (Å²) < 4.78 is 13.0. The first-order valence-corrected chi connectivity index (χ1v) is 11.4. The second kappa shape index (κ2) is 9.53. The quantitative estimate of drug-likeness (QED) is 0.414.